The molecule has 0 bridgehead atoms. The summed E-state index contributed by atoms with van der Waals surface area (Å²) in [5, 5.41) is 1.34. The van der Waals surface area contributed by atoms with Gasteiger partial charge in [0, 0.05) is 42.8 Å². The minimum Gasteiger partial charge on any atom is -0.383 e. The second-order valence-corrected chi connectivity index (χ2v) is 5.75. The zero-order valence-corrected chi connectivity index (χ0v) is 13.0. The highest BCUT2D eigenvalue weighted by molar-refractivity contribution is 5.83. The van der Waals surface area contributed by atoms with Crippen LogP contribution in [-0.2, 0) is 11.2 Å². The van der Waals surface area contributed by atoms with E-state index in [-0.39, 0.29) is 0 Å². The minimum atomic E-state index is 0.449. The molecule has 1 heterocycles. The fourth-order valence-corrected chi connectivity index (χ4v) is 2.91. The van der Waals surface area contributed by atoms with Gasteiger partial charge in [0.2, 0.25) is 0 Å². The molecule has 1 atom stereocenters. The van der Waals surface area contributed by atoms with Crippen LogP contribution >= 0.6 is 0 Å². The molecule has 1 aromatic carbocycles. The van der Waals surface area contributed by atoms with Crippen molar-refractivity contribution in [2.24, 2.45) is 0 Å². The fourth-order valence-electron chi connectivity index (χ4n) is 2.91. The summed E-state index contributed by atoms with van der Waals surface area (Å²) in [5.41, 5.74) is 2.62. The van der Waals surface area contributed by atoms with E-state index in [1.165, 1.54) is 16.5 Å². The van der Waals surface area contributed by atoms with Gasteiger partial charge in [-0.15, -0.1) is 0 Å². The van der Waals surface area contributed by atoms with Gasteiger partial charge in [-0.2, -0.15) is 0 Å². The van der Waals surface area contributed by atoms with Crippen LogP contribution in [0.1, 0.15) is 26.3 Å². The van der Waals surface area contributed by atoms with Crippen LogP contribution < -0.4 is 0 Å². The van der Waals surface area contributed by atoms with Crippen LogP contribution in [0.25, 0.3) is 10.9 Å². The van der Waals surface area contributed by atoms with Gasteiger partial charge >= 0.3 is 0 Å². The molecular formula is C17H26N2O. The molecule has 0 spiro atoms. The van der Waals surface area contributed by atoms with E-state index in [1.54, 1.807) is 7.11 Å². The largest absolute Gasteiger partial charge is 0.383 e. The van der Waals surface area contributed by atoms with Crippen molar-refractivity contribution in [2.75, 3.05) is 20.3 Å². The third-order valence-electron chi connectivity index (χ3n) is 3.95. The number of aromatic nitrogens is 1. The summed E-state index contributed by atoms with van der Waals surface area (Å²) in [5.74, 6) is 0. The Morgan fingerprint density at radius 1 is 1.20 bits per heavy atom. The van der Waals surface area contributed by atoms with E-state index in [9.17, 15) is 0 Å². The number of nitrogens with one attached hydrogen (secondary N) is 1. The highest BCUT2D eigenvalue weighted by Crippen LogP contribution is 2.19. The minimum absolute atomic E-state index is 0.449. The van der Waals surface area contributed by atoms with Crippen LogP contribution in [0.5, 0.6) is 0 Å². The first-order valence-corrected chi connectivity index (χ1v) is 7.43. The molecule has 20 heavy (non-hydrogen) atoms. The first kappa shape index (κ1) is 15.1. The summed E-state index contributed by atoms with van der Waals surface area (Å²) in [4.78, 5) is 5.86. The molecule has 2 aromatic rings. The maximum atomic E-state index is 5.29. The molecule has 0 radical (unpaired) electrons. The lowest BCUT2D eigenvalue weighted by molar-refractivity contribution is 0.0802. The molecule has 0 aliphatic carbocycles. The van der Waals surface area contributed by atoms with E-state index in [1.807, 2.05) is 0 Å². The third-order valence-corrected chi connectivity index (χ3v) is 3.95. The lowest BCUT2D eigenvalue weighted by Crippen LogP contribution is -2.42. The van der Waals surface area contributed by atoms with Gasteiger partial charge in [-0.25, -0.2) is 0 Å². The summed E-state index contributed by atoms with van der Waals surface area (Å²) in [7, 11) is 1.77. The highest BCUT2D eigenvalue weighted by atomic mass is 16.5. The van der Waals surface area contributed by atoms with Crippen LogP contribution in [0, 0.1) is 0 Å². The van der Waals surface area contributed by atoms with Crippen molar-refractivity contribution < 1.29 is 4.74 Å². The molecule has 3 nitrogen and oxygen atoms in total. The average Bonchev–Trinajstić information content (AvgIpc) is 2.82. The number of nitrogens with zero attached hydrogens (tertiary/aromatic N) is 1. The second-order valence-electron chi connectivity index (χ2n) is 5.75. The molecule has 0 fully saturated rings. The SMILES string of the molecule is COCC(C)N(CCc1c[nH]c2ccccc12)C(C)C. The van der Waals surface area contributed by atoms with Gasteiger partial charge in [0.1, 0.15) is 0 Å². The van der Waals surface area contributed by atoms with Gasteiger partial charge in [-0.05, 0) is 38.8 Å². The summed E-state index contributed by atoms with van der Waals surface area (Å²) < 4.78 is 5.29. The zero-order chi connectivity index (χ0) is 14.5. The van der Waals surface area contributed by atoms with E-state index in [4.69, 9.17) is 4.74 Å². The predicted octanol–water partition coefficient (Wildman–Crippen LogP) is 3.46. The monoisotopic (exact) mass is 274 g/mol. The van der Waals surface area contributed by atoms with Gasteiger partial charge in [-0.1, -0.05) is 18.2 Å². The Kier molecular flexibility index (Phi) is 5.21. The summed E-state index contributed by atoms with van der Waals surface area (Å²) in [6, 6.07) is 9.49. The number of benzene rings is 1. The lowest BCUT2D eigenvalue weighted by atomic mass is 10.1. The molecule has 0 saturated heterocycles. The van der Waals surface area contributed by atoms with E-state index < -0.39 is 0 Å². The molecule has 3 heteroatoms. The molecule has 1 unspecified atom stereocenters. The maximum absolute atomic E-state index is 5.29. The molecule has 110 valence electrons. The first-order valence-electron chi connectivity index (χ1n) is 7.43. The molecule has 0 aliphatic rings. The lowest BCUT2D eigenvalue weighted by Gasteiger charge is -2.32. The topological polar surface area (TPSA) is 28.3 Å². The Labute approximate surface area is 121 Å². The van der Waals surface area contributed by atoms with Gasteiger partial charge in [0.25, 0.3) is 0 Å². The standard InChI is InChI=1S/C17H26N2O/c1-13(2)19(14(3)12-20-4)10-9-15-11-18-17-8-6-5-7-16(15)17/h5-8,11,13-14,18H,9-10,12H2,1-4H3. The van der Waals surface area contributed by atoms with Crippen molar-refractivity contribution in [3.63, 3.8) is 0 Å². The number of fused-ring (bicyclic) bond motifs is 1. The zero-order valence-electron chi connectivity index (χ0n) is 13.0. The second kappa shape index (κ2) is 6.91. The Morgan fingerprint density at radius 2 is 1.95 bits per heavy atom. The van der Waals surface area contributed by atoms with Crippen molar-refractivity contribution >= 4 is 10.9 Å². The number of hydrogen-bond acceptors (Lipinski definition) is 2. The number of methoxy groups -OCH3 is 1. The molecule has 1 aromatic heterocycles. The van der Waals surface area contributed by atoms with Crippen LogP contribution in [0.2, 0.25) is 0 Å². The number of ether oxygens (including phenoxy) is 1. The molecule has 0 amide bonds. The molecule has 0 saturated carbocycles. The number of para-hydroxylation sites is 1. The van der Waals surface area contributed by atoms with E-state index in [2.05, 4.69) is 61.1 Å². The first-order chi connectivity index (χ1) is 9.63. The van der Waals surface area contributed by atoms with E-state index in [0.29, 0.717) is 12.1 Å². The molecular weight excluding hydrogens is 248 g/mol. The summed E-state index contributed by atoms with van der Waals surface area (Å²) in [6.45, 7) is 8.58. The molecule has 1 N–H and O–H groups in total. The number of H-pyrrole nitrogens is 1. The third kappa shape index (κ3) is 3.41. The van der Waals surface area contributed by atoms with Gasteiger partial charge in [-0.3, -0.25) is 4.90 Å². The maximum Gasteiger partial charge on any atom is 0.0615 e. The Hall–Kier alpha value is -1.32. The van der Waals surface area contributed by atoms with Crippen molar-refractivity contribution in [3.8, 4) is 0 Å². The predicted molar refractivity (Wildman–Crippen MR) is 85.2 cm³/mol. The van der Waals surface area contributed by atoms with Crippen LogP contribution in [0.4, 0.5) is 0 Å². The molecule has 2 rings (SSSR count). The van der Waals surface area contributed by atoms with Crippen LogP contribution in [0.15, 0.2) is 30.5 Å². The normalized spacial score (nSPS) is 13.5. The van der Waals surface area contributed by atoms with Crippen LogP contribution in [0.3, 0.4) is 0 Å². The van der Waals surface area contributed by atoms with Crippen LogP contribution in [-0.4, -0.2) is 42.2 Å². The van der Waals surface area contributed by atoms with Crippen molar-refractivity contribution in [1.29, 1.82) is 0 Å². The Bertz CT molecular complexity index is 533. The van der Waals surface area contributed by atoms with E-state index in [0.717, 1.165) is 19.6 Å². The smallest absolute Gasteiger partial charge is 0.0615 e. The van der Waals surface area contributed by atoms with Gasteiger partial charge in [0.05, 0.1) is 6.61 Å². The van der Waals surface area contributed by atoms with Crippen molar-refractivity contribution in [1.82, 2.24) is 9.88 Å². The average molecular weight is 274 g/mol. The van der Waals surface area contributed by atoms with Gasteiger partial charge < -0.3 is 9.72 Å². The van der Waals surface area contributed by atoms with Gasteiger partial charge in [0.15, 0.2) is 0 Å². The summed E-state index contributed by atoms with van der Waals surface area (Å²) in [6.07, 6.45) is 3.21. The Balaban J connectivity index is 2.05. The summed E-state index contributed by atoms with van der Waals surface area (Å²) >= 11 is 0. The van der Waals surface area contributed by atoms with Crippen molar-refractivity contribution in [2.45, 2.75) is 39.3 Å². The number of rotatable bonds is 7. The van der Waals surface area contributed by atoms with E-state index >= 15 is 0 Å². The highest BCUT2D eigenvalue weighted by Gasteiger charge is 2.17. The molecule has 0 aliphatic heterocycles. The quantitative estimate of drug-likeness (QED) is 0.837. The number of aromatic amines is 1. The fraction of sp³-hybridized carbons (Fsp3) is 0.529. The number of hydrogen-bond donors (Lipinski definition) is 1. The van der Waals surface area contributed by atoms with Crippen molar-refractivity contribution in [3.05, 3.63) is 36.0 Å². The Morgan fingerprint density at radius 3 is 2.65 bits per heavy atom.